The van der Waals surface area contributed by atoms with Gasteiger partial charge in [-0.2, -0.15) is 0 Å². The molecule has 0 aromatic heterocycles. The Morgan fingerprint density at radius 3 is 2.94 bits per heavy atom. The van der Waals surface area contributed by atoms with E-state index in [1.807, 2.05) is 42.2 Å². The molecule has 0 spiro atoms. The number of hydrogen-bond acceptors (Lipinski definition) is 1. The standard InChI is InChI=1S/C14H16ClNO/c1-3-11-7-14(17)16(9-11)10(2)12-5-4-6-13(15)8-12/h3-6,8,10-11H,1,7,9H2,2H3. The number of amides is 1. The minimum atomic E-state index is 0.0751. The zero-order valence-corrected chi connectivity index (χ0v) is 10.7. The zero-order valence-electron chi connectivity index (χ0n) is 9.90. The molecule has 2 atom stereocenters. The molecule has 0 radical (unpaired) electrons. The van der Waals surface area contributed by atoms with Gasteiger partial charge in [-0.05, 0) is 24.6 Å². The van der Waals surface area contributed by atoms with Gasteiger partial charge in [0.25, 0.3) is 0 Å². The first kappa shape index (κ1) is 12.2. The minimum Gasteiger partial charge on any atom is -0.335 e. The molecule has 0 saturated carbocycles. The van der Waals surface area contributed by atoms with Gasteiger partial charge in [0.1, 0.15) is 0 Å². The summed E-state index contributed by atoms with van der Waals surface area (Å²) in [5.41, 5.74) is 1.08. The van der Waals surface area contributed by atoms with E-state index >= 15 is 0 Å². The van der Waals surface area contributed by atoms with Crippen LogP contribution in [0.1, 0.15) is 24.9 Å². The van der Waals surface area contributed by atoms with Gasteiger partial charge in [-0.3, -0.25) is 4.79 Å². The third kappa shape index (κ3) is 2.52. The Hall–Kier alpha value is -1.28. The lowest BCUT2D eigenvalue weighted by molar-refractivity contribution is -0.129. The lowest BCUT2D eigenvalue weighted by Gasteiger charge is -2.25. The molecule has 1 fully saturated rings. The molecule has 1 aromatic rings. The zero-order chi connectivity index (χ0) is 12.4. The minimum absolute atomic E-state index is 0.0751. The van der Waals surface area contributed by atoms with Gasteiger partial charge in [0.15, 0.2) is 0 Å². The van der Waals surface area contributed by atoms with Crippen LogP contribution >= 0.6 is 11.6 Å². The summed E-state index contributed by atoms with van der Waals surface area (Å²) in [6.07, 6.45) is 2.44. The summed E-state index contributed by atoms with van der Waals surface area (Å²) in [5, 5.41) is 0.710. The van der Waals surface area contributed by atoms with Gasteiger partial charge in [-0.25, -0.2) is 0 Å². The van der Waals surface area contributed by atoms with Gasteiger partial charge < -0.3 is 4.90 Å². The summed E-state index contributed by atoms with van der Waals surface area (Å²) in [4.78, 5) is 13.8. The maximum Gasteiger partial charge on any atom is 0.223 e. The molecule has 3 heteroatoms. The maximum atomic E-state index is 11.9. The maximum absolute atomic E-state index is 11.9. The van der Waals surface area contributed by atoms with E-state index in [-0.39, 0.29) is 17.9 Å². The molecule has 0 aliphatic carbocycles. The summed E-state index contributed by atoms with van der Waals surface area (Å²) in [7, 11) is 0. The second kappa shape index (κ2) is 4.92. The van der Waals surface area contributed by atoms with E-state index in [1.165, 1.54) is 0 Å². The van der Waals surface area contributed by atoms with E-state index in [9.17, 15) is 4.79 Å². The molecule has 1 aliphatic rings. The molecule has 2 unspecified atom stereocenters. The predicted octanol–water partition coefficient (Wildman–Crippen LogP) is 3.44. The van der Waals surface area contributed by atoms with Gasteiger partial charge in [-0.1, -0.05) is 29.8 Å². The van der Waals surface area contributed by atoms with Crippen molar-refractivity contribution < 1.29 is 4.79 Å². The molecular weight excluding hydrogens is 234 g/mol. The number of carbonyl (C=O) groups is 1. The highest BCUT2D eigenvalue weighted by atomic mass is 35.5. The van der Waals surface area contributed by atoms with Crippen molar-refractivity contribution >= 4 is 17.5 Å². The Kier molecular flexibility index (Phi) is 3.53. The van der Waals surface area contributed by atoms with Crippen LogP contribution in [0.25, 0.3) is 0 Å². The van der Waals surface area contributed by atoms with Gasteiger partial charge >= 0.3 is 0 Å². The van der Waals surface area contributed by atoms with Crippen molar-refractivity contribution in [3.63, 3.8) is 0 Å². The molecule has 1 saturated heterocycles. The van der Waals surface area contributed by atoms with Crippen LogP contribution in [0.3, 0.4) is 0 Å². The van der Waals surface area contributed by atoms with E-state index in [4.69, 9.17) is 11.6 Å². The average molecular weight is 250 g/mol. The van der Waals surface area contributed by atoms with Crippen molar-refractivity contribution in [3.8, 4) is 0 Å². The van der Waals surface area contributed by atoms with Crippen molar-refractivity contribution in [2.45, 2.75) is 19.4 Å². The Labute approximate surface area is 107 Å². The van der Waals surface area contributed by atoms with Crippen LogP contribution in [0.4, 0.5) is 0 Å². The summed E-state index contributed by atoms with van der Waals surface area (Å²) >= 11 is 5.97. The van der Waals surface area contributed by atoms with Gasteiger partial charge in [0.05, 0.1) is 6.04 Å². The molecular formula is C14H16ClNO. The van der Waals surface area contributed by atoms with E-state index in [0.717, 1.165) is 12.1 Å². The monoisotopic (exact) mass is 249 g/mol. The fraction of sp³-hybridized carbons (Fsp3) is 0.357. The van der Waals surface area contributed by atoms with Crippen LogP contribution < -0.4 is 0 Å². The summed E-state index contributed by atoms with van der Waals surface area (Å²) in [6, 6.07) is 7.76. The number of hydrogen-bond donors (Lipinski definition) is 0. The third-order valence-electron chi connectivity index (χ3n) is 3.32. The van der Waals surface area contributed by atoms with Crippen molar-refractivity contribution in [1.82, 2.24) is 4.90 Å². The highest BCUT2D eigenvalue weighted by Gasteiger charge is 2.31. The summed E-state index contributed by atoms with van der Waals surface area (Å²) in [6.45, 7) is 6.55. The lowest BCUT2D eigenvalue weighted by atomic mass is 10.1. The first-order valence-corrected chi connectivity index (χ1v) is 6.17. The quantitative estimate of drug-likeness (QED) is 0.752. The normalized spacial score (nSPS) is 21.6. The van der Waals surface area contributed by atoms with Crippen molar-refractivity contribution in [3.05, 3.63) is 47.5 Å². The topological polar surface area (TPSA) is 20.3 Å². The van der Waals surface area contributed by atoms with Crippen LogP contribution in [0.5, 0.6) is 0 Å². The summed E-state index contributed by atoms with van der Waals surface area (Å²) in [5.74, 6) is 0.478. The molecule has 1 heterocycles. The number of benzene rings is 1. The lowest BCUT2D eigenvalue weighted by Crippen LogP contribution is -2.28. The second-order valence-electron chi connectivity index (χ2n) is 4.48. The predicted molar refractivity (Wildman–Crippen MR) is 69.9 cm³/mol. The number of halogens is 1. The van der Waals surface area contributed by atoms with Crippen LogP contribution in [0.15, 0.2) is 36.9 Å². The van der Waals surface area contributed by atoms with E-state index in [2.05, 4.69) is 6.58 Å². The molecule has 1 amide bonds. The Balaban J connectivity index is 2.18. The smallest absolute Gasteiger partial charge is 0.223 e. The average Bonchev–Trinajstić information content (AvgIpc) is 2.69. The second-order valence-corrected chi connectivity index (χ2v) is 4.91. The first-order valence-electron chi connectivity index (χ1n) is 5.79. The Bertz CT molecular complexity index is 444. The molecule has 0 bridgehead atoms. The highest BCUT2D eigenvalue weighted by molar-refractivity contribution is 6.30. The fourth-order valence-electron chi connectivity index (χ4n) is 2.24. The van der Waals surface area contributed by atoms with E-state index in [1.54, 1.807) is 0 Å². The molecule has 0 N–H and O–H groups in total. The van der Waals surface area contributed by atoms with Crippen LogP contribution in [0, 0.1) is 5.92 Å². The van der Waals surface area contributed by atoms with E-state index < -0.39 is 0 Å². The van der Waals surface area contributed by atoms with Crippen LogP contribution in [0.2, 0.25) is 5.02 Å². The molecule has 2 rings (SSSR count). The number of rotatable bonds is 3. The van der Waals surface area contributed by atoms with Crippen molar-refractivity contribution in [1.29, 1.82) is 0 Å². The van der Waals surface area contributed by atoms with Gasteiger partial charge in [0, 0.05) is 23.9 Å². The van der Waals surface area contributed by atoms with Crippen LogP contribution in [-0.4, -0.2) is 17.4 Å². The SMILES string of the molecule is C=CC1CC(=O)N(C(C)c2cccc(Cl)c2)C1. The fourth-order valence-corrected chi connectivity index (χ4v) is 2.44. The molecule has 90 valence electrons. The molecule has 17 heavy (non-hydrogen) atoms. The molecule has 1 aliphatic heterocycles. The third-order valence-corrected chi connectivity index (χ3v) is 3.56. The highest BCUT2D eigenvalue weighted by Crippen LogP contribution is 2.29. The van der Waals surface area contributed by atoms with Gasteiger partial charge in [0.2, 0.25) is 5.91 Å². The first-order chi connectivity index (χ1) is 8.11. The number of likely N-dealkylation sites (tertiary alicyclic amines) is 1. The largest absolute Gasteiger partial charge is 0.335 e. The number of carbonyl (C=O) groups excluding carboxylic acids is 1. The summed E-state index contributed by atoms with van der Waals surface area (Å²) < 4.78 is 0. The van der Waals surface area contributed by atoms with E-state index in [0.29, 0.717) is 11.4 Å². The van der Waals surface area contributed by atoms with Gasteiger partial charge in [-0.15, -0.1) is 6.58 Å². The number of nitrogens with zero attached hydrogens (tertiary/aromatic N) is 1. The van der Waals surface area contributed by atoms with Crippen molar-refractivity contribution in [2.24, 2.45) is 5.92 Å². The molecule has 2 nitrogen and oxygen atoms in total. The Morgan fingerprint density at radius 2 is 2.35 bits per heavy atom. The Morgan fingerprint density at radius 1 is 1.59 bits per heavy atom. The van der Waals surface area contributed by atoms with Crippen LogP contribution in [-0.2, 0) is 4.79 Å². The van der Waals surface area contributed by atoms with Crippen molar-refractivity contribution in [2.75, 3.05) is 6.54 Å². The molecule has 1 aromatic carbocycles.